The van der Waals surface area contributed by atoms with Crippen molar-refractivity contribution >= 4 is 29.2 Å². The van der Waals surface area contributed by atoms with Crippen molar-refractivity contribution in [3.63, 3.8) is 0 Å². The van der Waals surface area contributed by atoms with Crippen LogP contribution in [0.15, 0.2) is 91.0 Å². The van der Waals surface area contributed by atoms with E-state index in [-0.39, 0.29) is 9.56 Å². The van der Waals surface area contributed by atoms with Crippen LogP contribution in [0, 0.1) is 0 Å². The topological polar surface area (TPSA) is 0 Å². The third kappa shape index (κ3) is 3.87. The van der Waals surface area contributed by atoms with Crippen LogP contribution in [0.1, 0.15) is 17.7 Å². The van der Waals surface area contributed by atoms with Gasteiger partial charge in [0.15, 0.2) is 0 Å². The Morgan fingerprint density at radius 2 is 1.48 bits per heavy atom. The van der Waals surface area contributed by atoms with Gasteiger partial charge in [0.1, 0.15) is 0 Å². The quantitative estimate of drug-likeness (QED) is 0.339. The van der Waals surface area contributed by atoms with Crippen LogP contribution in [-0.4, -0.2) is 6.71 Å². The molecule has 3 aromatic carbocycles. The SMILES string of the molecule is [CH3][Hf]([SiH2]c1ccccc1)([PH]c1ccccc1)[CH]1C=Cc2ccccc21.[H-].[H-]. The molecule has 3 aromatic rings. The number of rotatable bonds is 5. The van der Waals surface area contributed by atoms with E-state index in [1.165, 1.54) is 5.56 Å². The van der Waals surface area contributed by atoms with Gasteiger partial charge in [-0.2, -0.15) is 0 Å². The molecule has 0 spiro atoms. The zero-order valence-electron chi connectivity index (χ0n) is 16.5. The van der Waals surface area contributed by atoms with Gasteiger partial charge in [-0.05, 0) is 0 Å². The number of hydrogen-bond acceptors (Lipinski definition) is 0. The Morgan fingerprint density at radius 1 is 0.840 bits per heavy atom. The largest absolute Gasteiger partial charge is 1.00 e. The summed E-state index contributed by atoms with van der Waals surface area (Å²) in [7, 11) is 0. The van der Waals surface area contributed by atoms with Crippen molar-refractivity contribution in [2.75, 3.05) is 0 Å². The molecule has 0 amide bonds. The van der Waals surface area contributed by atoms with Gasteiger partial charge in [-0.25, -0.2) is 0 Å². The van der Waals surface area contributed by atoms with E-state index in [4.69, 9.17) is 0 Å². The number of hydrogen-bond donors (Lipinski definition) is 0. The molecule has 1 aliphatic carbocycles. The second kappa shape index (κ2) is 7.66. The minimum Gasteiger partial charge on any atom is -1.00 e. The molecule has 0 aliphatic heterocycles. The molecule has 0 saturated heterocycles. The minimum atomic E-state index is -2.54. The molecular weight excluding hydrogens is 502 g/mol. The van der Waals surface area contributed by atoms with E-state index in [9.17, 15) is 0 Å². The third-order valence-electron chi connectivity index (χ3n) is 5.10. The molecule has 3 unspecified atom stereocenters. The first kappa shape index (κ1) is 17.3. The zero-order chi connectivity index (χ0) is 17.1. The molecule has 0 aromatic heterocycles. The Morgan fingerprint density at radius 3 is 2.24 bits per heavy atom. The second-order valence-corrected chi connectivity index (χ2v) is 55.1. The van der Waals surface area contributed by atoms with Crippen LogP contribution in [-0.2, 0) is 18.6 Å². The fourth-order valence-corrected chi connectivity index (χ4v) is 54.8. The fourth-order valence-electron chi connectivity index (χ4n) is 3.91. The van der Waals surface area contributed by atoms with Gasteiger partial charge in [-0.3, -0.25) is 0 Å². The Bertz CT molecular complexity index is 846. The van der Waals surface area contributed by atoms with Crippen molar-refractivity contribution in [3.05, 3.63) is 102 Å². The Balaban J connectivity index is 0.00000131. The molecule has 3 heteroatoms. The fraction of sp³-hybridized carbons (Fsp3) is 0.0909. The van der Waals surface area contributed by atoms with Crippen molar-refractivity contribution in [2.45, 2.75) is 8.35 Å². The van der Waals surface area contributed by atoms with Crippen molar-refractivity contribution in [3.8, 4) is 0 Å². The number of allylic oxidation sites excluding steroid dienone is 1. The van der Waals surface area contributed by atoms with Crippen LogP contribution in [0.2, 0.25) is 4.68 Å². The molecule has 25 heavy (non-hydrogen) atoms. The van der Waals surface area contributed by atoms with Crippen molar-refractivity contribution in [2.24, 2.45) is 0 Å². The van der Waals surface area contributed by atoms with Gasteiger partial charge < -0.3 is 2.85 Å². The first-order chi connectivity index (χ1) is 12.2. The van der Waals surface area contributed by atoms with Gasteiger partial charge >= 0.3 is 158 Å². The maximum Gasteiger partial charge on any atom is -1.00 e. The Labute approximate surface area is 160 Å². The molecule has 128 valence electrons. The van der Waals surface area contributed by atoms with E-state index in [0.29, 0.717) is 0 Å². The van der Waals surface area contributed by atoms with Crippen LogP contribution in [0.3, 0.4) is 0 Å². The van der Waals surface area contributed by atoms with E-state index in [2.05, 4.69) is 102 Å². The first-order valence-corrected chi connectivity index (χ1v) is 30.0. The monoisotopic (exact) mass is 528 g/mol. The van der Waals surface area contributed by atoms with Crippen molar-refractivity contribution in [1.82, 2.24) is 0 Å². The summed E-state index contributed by atoms with van der Waals surface area (Å²) in [5.41, 5.74) is 3.07. The van der Waals surface area contributed by atoms with E-state index in [0.717, 1.165) is 9.60 Å². The molecule has 0 fully saturated rings. The molecule has 0 heterocycles. The van der Waals surface area contributed by atoms with Gasteiger partial charge in [-0.15, -0.1) is 0 Å². The average Bonchev–Trinajstić information content (AvgIpc) is 3.08. The number of benzene rings is 3. The summed E-state index contributed by atoms with van der Waals surface area (Å²) in [5.74, 6) is 1.05. The van der Waals surface area contributed by atoms with E-state index in [1.54, 1.807) is 16.1 Å². The van der Waals surface area contributed by atoms with Gasteiger partial charge in [0.05, 0.1) is 0 Å². The summed E-state index contributed by atoms with van der Waals surface area (Å²) in [4.78, 5) is 0. The van der Waals surface area contributed by atoms with Crippen LogP contribution in [0.4, 0.5) is 0 Å². The predicted octanol–water partition coefficient (Wildman–Crippen LogP) is 4.51. The van der Waals surface area contributed by atoms with Gasteiger partial charge in [0.2, 0.25) is 0 Å². The summed E-state index contributed by atoms with van der Waals surface area (Å²) in [6.45, 7) is -0.223. The summed E-state index contributed by atoms with van der Waals surface area (Å²) in [6, 6.07) is 31.7. The minimum absolute atomic E-state index is 0. The predicted molar refractivity (Wildman–Crippen MR) is 115 cm³/mol. The standard InChI is InChI=1S/C9H7.C6H6P.C6H7Si.CH3.Hf.2H/c1-2-5-9-7-3-6-8(9)4-1;2*7-6-4-2-1-3-5-6;;;;/h1-7H;1-5,7H;1-5H,7H2;1H3;;;/q;-1;;;+1;2*-1. The van der Waals surface area contributed by atoms with Crippen LogP contribution >= 0.6 is 5.93 Å². The van der Waals surface area contributed by atoms with Crippen molar-refractivity contribution < 1.29 is 21.4 Å². The third-order valence-corrected chi connectivity index (χ3v) is 51.1. The van der Waals surface area contributed by atoms with Crippen LogP contribution < -0.4 is 10.5 Å². The van der Waals surface area contributed by atoms with Crippen LogP contribution in [0.5, 0.6) is 0 Å². The molecule has 0 bridgehead atoms. The summed E-state index contributed by atoms with van der Waals surface area (Å²) in [6.07, 6.45) is 4.94. The molecule has 0 radical (unpaired) electrons. The Hall–Kier alpha value is -1.08. The molecule has 4 rings (SSSR count). The summed E-state index contributed by atoms with van der Waals surface area (Å²) >= 11 is -2.54. The number of fused-ring (bicyclic) bond motifs is 1. The summed E-state index contributed by atoms with van der Waals surface area (Å²) in [5, 5.41) is 3.24. The normalized spacial score (nSPS) is 18.8. The van der Waals surface area contributed by atoms with Crippen molar-refractivity contribution in [1.29, 1.82) is 0 Å². The van der Waals surface area contributed by atoms with E-state index >= 15 is 0 Å². The van der Waals surface area contributed by atoms with Gasteiger partial charge in [0, 0.05) is 0 Å². The van der Waals surface area contributed by atoms with Gasteiger partial charge in [-0.1, -0.05) is 0 Å². The van der Waals surface area contributed by atoms with Gasteiger partial charge in [0.25, 0.3) is 0 Å². The van der Waals surface area contributed by atoms with E-state index < -0.39 is 18.6 Å². The van der Waals surface area contributed by atoms with E-state index in [1.807, 2.05) is 0 Å². The maximum atomic E-state index is 2.74. The molecule has 0 saturated carbocycles. The smallest absolute Gasteiger partial charge is 1.00 e. The first-order valence-electron chi connectivity index (χ1n) is 8.89. The summed E-state index contributed by atoms with van der Waals surface area (Å²) < 4.78 is 3.49. The zero-order valence-corrected chi connectivity index (χ0v) is 20.5. The molecule has 0 nitrogen and oxygen atoms in total. The molecular formula is C22H25HfPSi-2. The molecule has 1 aliphatic rings. The average molecular weight is 527 g/mol. The van der Waals surface area contributed by atoms with Crippen LogP contribution in [0.25, 0.3) is 6.08 Å². The maximum absolute atomic E-state index is 2.74. The molecule has 3 atom stereocenters. The second-order valence-electron chi connectivity index (χ2n) is 7.04. The molecule has 0 N–H and O–H groups in total. The Kier molecular flexibility index (Phi) is 5.31.